The Morgan fingerprint density at radius 2 is 1.64 bits per heavy atom. The molecule has 0 saturated heterocycles. The van der Waals surface area contributed by atoms with Gasteiger partial charge in [-0.2, -0.15) is 0 Å². The fourth-order valence-corrected chi connectivity index (χ4v) is 2.90. The van der Waals surface area contributed by atoms with Crippen LogP contribution in [-0.4, -0.2) is 41.3 Å². The molecule has 0 heterocycles. The highest BCUT2D eigenvalue weighted by Crippen LogP contribution is 2.30. The Bertz CT molecular complexity index is 546. The molecule has 126 valence electrons. The molecule has 1 aromatic carbocycles. The Morgan fingerprint density at radius 1 is 0.955 bits per heavy atom. The molecule has 0 aliphatic carbocycles. The molecular weight excluding hydrogens is 304 g/mol. The van der Waals surface area contributed by atoms with Crippen molar-refractivity contribution >= 4 is 10.0 Å². The minimum atomic E-state index is -3.55. The number of hydrogen-bond acceptors (Lipinski definition) is 5. The monoisotopic (exact) mass is 330 g/mol. The zero-order valence-electron chi connectivity index (χ0n) is 13.5. The zero-order chi connectivity index (χ0) is 16.4. The molecule has 0 saturated carbocycles. The van der Waals surface area contributed by atoms with E-state index in [9.17, 15) is 8.42 Å². The van der Waals surface area contributed by atoms with E-state index in [-0.39, 0.29) is 4.90 Å². The average Bonchev–Trinajstić information content (AvgIpc) is 2.49. The lowest BCUT2D eigenvalue weighted by Gasteiger charge is -2.13. The standard InChI is InChI=1S/C15H26N2O4S/c1-4-9-16-10-11-17-22(18,19)13-7-8-14(20-5-2)15(12-13)21-6-3/h7-8,12,16-17H,4-6,9-11H2,1-3H3. The molecule has 0 atom stereocenters. The topological polar surface area (TPSA) is 76.7 Å². The van der Waals surface area contributed by atoms with Gasteiger partial charge < -0.3 is 14.8 Å². The molecule has 0 amide bonds. The van der Waals surface area contributed by atoms with Gasteiger partial charge in [0.2, 0.25) is 10.0 Å². The number of ether oxygens (including phenoxy) is 2. The summed E-state index contributed by atoms with van der Waals surface area (Å²) in [6.07, 6.45) is 1.02. The van der Waals surface area contributed by atoms with Crippen LogP contribution in [0.1, 0.15) is 27.2 Å². The lowest BCUT2D eigenvalue weighted by Crippen LogP contribution is -2.32. The van der Waals surface area contributed by atoms with E-state index in [1.54, 1.807) is 6.07 Å². The number of sulfonamides is 1. The van der Waals surface area contributed by atoms with Gasteiger partial charge in [0, 0.05) is 19.2 Å². The van der Waals surface area contributed by atoms with Crippen LogP contribution >= 0.6 is 0 Å². The molecule has 0 fully saturated rings. The normalized spacial score (nSPS) is 11.4. The van der Waals surface area contributed by atoms with Crippen molar-refractivity contribution in [2.24, 2.45) is 0 Å². The van der Waals surface area contributed by atoms with Gasteiger partial charge >= 0.3 is 0 Å². The Hall–Kier alpha value is -1.31. The summed E-state index contributed by atoms with van der Waals surface area (Å²) in [4.78, 5) is 0.176. The van der Waals surface area contributed by atoms with Crippen molar-refractivity contribution in [1.82, 2.24) is 10.0 Å². The summed E-state index contributed by atoms with van der Waals surface area (Å²) in [6.45, 7) is 8.53. The van der Waals surface area contributed by atoms with Crippen molar-refractivity contribution < 1.29 is 17.9 Å². The van der Waals surface area contributed by atoms with Crippen molar-refractivity contribution in [3.63, 3.8) is 0 Å². The second kappa shape index (κ2) is 9.66. The van der Waals surface area contributed by atoms with E-state index in [1.807, 2.05) is 13.8 Å². The van der Waals surface area contributed by atoms with Crippen LogP contribution < -0.4 is 19.5 Å². The second-order valence-corrected chi connectivity index (χ2v) is 6.39. The second-order valence-electron chi connectivity index (χ2n) is 4.62. The maximum absolute atomic E-state index is 12.3. The van der Waals surface area contributed by atoms with E-state index >= 15 is 0 Å². The Morgan fingerprint density at radius 3 is 2.27 bits per heavy atom. The molecule has 2 N–H and O–H groups in total. The largest absolute Gasteiger partial charge is 0.490 e. The van der Waals surface area contributed by atoms with Crippen LogP contribution in [0.5, 0.6) is 11.5 Å². The van der Waals surface area contributed by atoms with Crippen molar-refractivity contribution in [3.05, 3.63) is 18.2 Å². The SMILES string of the molecule is CCCNCCNS(=O)(=O)c1ccc(OCC)c(OCC)c1. The van der Waals surface area contributed by atoms with E-state index in [0.717, 1.165) is 13.0 Å². The zero-order valence-corrected chi connectivity index (χ0v) is 14.3. The van der Waals surface area contributed by atoms with Gasteiger partial charge in [0.15, 0.2) is 11.5 Å². The van der Waals surface area contributed by atoms with E-state index in [1.165, 1.54) is 12.1 Å². The van der Waals surface area contributed by atoms with Crippen molar-refractivity contribution in [2.45, 2.75) is 32.1 Å². The quantitative estimate of drug-likeness (QED) is 0.605. The summed E-state index contributed by atoms with van der Waals surface area (Å²) in [5.74, 6) is 0.990. The minimum Gasteiger partial charge on any atom is -0.490 e. The molecule has 0 unspecified atom stereocenters. The van der Waals surface area contributed by atoms with Crippen molar-refractivity contribution in [2.75, 3.05) is 32.8 Å². The van der Waals surface area contributed by atoms with Crippen LogP contribution in [0.25, 0.3) is 0 Å². The van der Waals surface area contributed by atoms with Gasteiger partial charge in [0.25, 0.3) is 0 Å². The van der Waals surface area contributed by atoms with Gasteiger partial charge in [-0.3, -0.25) is 0 Å². The van der Waals surface area contributed by atoms with Crippen LogP contribution in [0.2, 0.25) is 0 Å². The fraction of sp³-hybridized carbons (Fsp3) is 0.600. The first-order valence-electron chi connectivity index (χ1n) is 7.65. The highest BCUT2D eigenvalue weighted by atomic mass is 32.2. The summed E-state index contributed by atoms with van der Waals surface area (Å²) in [5.41, 5.74) is 0. The van der Waals surface area contributed by atoms with Gasteiger partial charge in [-0.15, -0.1) is 0 Å². The number of rotatable bonds is 11. The first kappa shape index (κ1) is 18.7. The molecule has 0 spiro atoms. The molecule has 22 heavy (non-hydrogen) atoms. The van der Waals surface area contributed by atoms with E-state index < -0.39 is 10.0 Å². The van der Waals surface area contributed by atoms with Crippen LogP contribution in [-0.2, 0) is 10.0 Å². The lowest BCUT2D eigenvalue weighted by molar-refractivity contribution is 0.287. The van der Waals surface area contributed by atoms with Gasteiger partial charge in [0.1, 0.15) is 0 Å². The van der Waals surface area contributed by atoms with Crippen molar-refractivity contribution in [1.29, 1.82) is 0 Å². The average molecular weight is 330 g/mol. The fourth-order valence-electron chi connectivity index (χ4n) is 1.86. The van der Waals surface area contributed by atoms with Gasteiger partial charge in [-0.1, -0.05) is 6.92 Å². The van der Waals surface area contributed by atoms with E-state index in [0.29, 0.717) is 37.8 Å². The third-order valence-corrected chi connectivity index (χ3v) is 4.30. The maximum Gasteiger partial charge on any atom is 0.240 e. The first-order chi connectivity index (χ1) is 10.5. The molecule has 1 rings (SSSR count). The van der Waals surface area contributed by atoms with E-state index in [2.05, 4.69) is 17.0 Å². The highest BCUT2D eigenvalue weighted by Gasteiger charge is 2.16. The lowest BCUT2D eigenvalue weighted by atomic mass is 10.3. The summed E-state index contributed by atoms with van der Waals surface area (Å²) in [6, 6.07) is 4.64. The predicted octanol–water partition coefficient (Wildman–Crippen LogP) is 1.76. The van der Waals surface area contributed by atoms with E-state index in [4.69, 9.17) is 9.47 Å². The summed E-state index contributed by atoms with van der Waals surface area (Å²) < 4.78 is 38.0. The Balaban J connectivity index is 2.78. The van der Waals surface area contributed by atoms with Crippen LogP contribution in [0.15, 0.2) is 23.1 Å². The number of hydrogen-bond donors (Lipinski definition) is 2. The molecule has 7 heteroatoms. The maximum atomic E-state index is 12.3. The Kier molecular flexibility index (Phi) is 8.22. The molecule has 0 aliphatic heterocycles. The molecular formula is C15H26N2O4S. The minimum absolute atomic E-state index is 0.176. The van der Waals surface area contributed by atoms with Gasteiger partial charge in [0.05, 0.1) is 18.1 Å². The number of nitrogens with one attached hydrogen (secondary N) is 2. The highest BCUT2D eigenvalue weighted by molar-refractivity contribution is 7.89. The smallest absolute Gasteiger partial charge is 0.240 e. The molecule has 0 aromatic heterocycles. The van der Waals surface area contributed by atoms with Crippen LogP contribution in [0.3, 0.4) is 0 Å². The third-order valence-electron chi connectivity index (χ3n) is 2.85. The van der Waals surface area contributed by atoms with Crippen LogP contribution in [0, 0.1) is 0 Å². The molecule has 0 aliphatic rings. The molecule has 6 nitrogen and oxygen atoms in total. The summed E-state index contributed by atoms with van der Waals surface area (Å²) >= 11 is 0. The van der Waals surface area contributed by atoms with Gasteiger partial charge in [-0.25, -0.2) is 13.1 Å². The van der Waals surface area contributed by atoms with Gasteiger partial charge in [-0.05, 0) is 38.9 Å². The molecule has 0 bridgehead atoms. The first-order valence-corrected chi connectivity index (χ1v) is 9.13. The van der Waals surface area contributed by atoms with Crippen molar-refractivity contribution in [3.8, 4) is 11.5 Å². The summed E-state index contributed by atoms with van der Waals surface area (Å²) in [5, 5.41) is 3.15. The molecule has 0 radical (unpaired) electrons. The third kappa shape index (κ3) is 5.82. The van der Waals surface area contributed by atoms with Crippen LogP contribution in [0.4, 0.5) is 0 Å². The Labute approximate surface area is 133 Å². The molecule has 1 aromatic rings. The summed E-state index contributed by atoms with van der Waals surface area (Å²) in [7, 11) is -3.55. The predicted molar refractivity (Wildman–Crippen MR) is 87.1 cm³/mol. The number of benzene rings is 1.